The number of hydrogen-bond donors (Lipinski definition) is 0. The molecule has 0 saturated carbocycles. The van der Waals surface area contributed by atoms with Crippen molar-refractivity contribution >= 4 is 5.57 Å². The Morgan fingerprint density at radius 3 is 1.82 bits per heavy atom. The zero-order chi connectivity index (χ0) is 12.3. The molecule has 0 N–H and O–H groups in total. The Balaban J connectivity index is 2.35. The van der Waals surface area contributed by atoms with Gasteiger partial charge >= 0.3 is 0 Å². The van der Waals surface area contributed by atoms with Crippen LogP contribution in [0.25, 0.3) is 16.7 Å². The Kier molecular flexibility index (Phi) is 3.33. The molecule has 0 aliphatic heterocycles. The van der Waals surface area contributed by atoms with Crippen LogP contribution in [0.4, 0.5) is 8.78 Å². The van der Waals surface area contributed by atoms with Crippen molar-refractivity contribution in [2.24, 2.45) is 0 Å². The van der Waals surface area contributed by atoms with Gasteiger partial charge in [-0.3, -0.25) is 0 Å². The van der Waals surface area contributed by atoms with Gasteiger partial charge in [0.05, 0.1) is 0 Å². The third kappa shape index (κ3) is 2.59. The van der Waals surface area contributed by atoms with E-state index in [4.69, 9.17) is 0 Å². The van der Waals surface area contributed by atoms with Crippen molar-refractivity contribution in [3.63, 3.8) is 0 Å². The summed E-state index contributed by atoms with van der Waals surface area (Å²) in [5.74, 6) is 0. The molecule has 0 aliphatic carbocycles. The van der Waals surface area contributed by atoms with Crippen LogP contribution in [-0.2, 0) is 0 Å². The van der Waals surface area contributed by atoms with E-state index < -0.39 is 6.08 Å². The Labute approximate surface area is 99.2 Å². The summed E-state index contributed by atoms with van der Waals surface area (Å²) in [5.41, 5.74) is 2.71. The van der Waals surface area contributed by atoms with Crippen LogP contribution in [0, 0.1) is 0 Å². The number of benzene rings is 2. The van der Waals surface area contributed by atoms with Crippen LogP contribution in [-0.4, -0.2) is 0 Å². The summed E-state index contributed by atoms with van der Waals surface area (Å²) in [4.78, 5) is 0. The van der Waals surface area contributed by atoms with Crippen LogP contribution in [0.5, 0.6) is 0 Å². The maximum absolute atomic E-state index is 12.4. The van der Waals surface area contributed by atoms with Gasteiger partial charge in [0.1, 0.15) is 0 Å². The molecule has 2 heteroatoms. The first-order valence-corrected chi connectivity index (χ1v) is 5.36. The Hall–Kier alpha value is -1.96. The molecule has 2 aromatic carbocycles. The number of hydrogen-bond acceptors (Lipinski definition) is 0. The number of rotatable bonds is 2. The summed E-state index contributed by atoms with van der Waals surface area (Å²) in [6.45, 7) is 1.42. The molecule has 17 heavy (non-hydrogen) atoms. The van der Waals surface area contributed by atoms with Crippen molar-refractivity contribution in [3.05, 3.63) is 66.2 Å². The van der Waals surface area contributed by atoms with E-state index in [1.807, 2.05) is 42.5 Å². The van der Waals surface area contributed by atoms with Crippen molar-refractivity contribution in [1.82, 2.24) is 0 Å². The predicted octanol–water partition coefficient (Wildman–Crippen LogP) is 4.98. The topological polar surface area (TPSA) is 0 Å². The van der Waals surface area contributed by atoms with Crippen molar-refractivity contribution in [2.45, 2.75) is 6.92 Å². The normalized spacial score (nSPS) is 10.1. The zero-order valence-corrected chi connectivity index (χ0v) is 9.45. The van der Waals surface area contributed by atoms with E-state index in [-0.39, 0.29) is 5.57 Å². The Morgan fingerprint density at radius 1 is 0.765 bits per heavy atom. The minimum Gasteiger partial charge on any atom is -0.173 e. The SMILES string of the molecule is CC(=C(F)F)c1ccc(-c2ccccc2)cc1. The van der Waals surface area contributed by atoms with Gasteiger partial charge in [-0.15, -0.1) is 0 Å². The lowest BCUT2D eigenvalue weighted by atomic mass is 10.0. The van der Waals surface area contributed by atoms with E-state index in [1.165, 1.54) is 6.92 Å². The van der Waals surface area contributed by atoms with Crippen LogP contribution in [0.1, 0.15) is 12.5 Å². The van der Waals surface area contributed by atoms with Crippen molar-refractivity contribution in [3.8, 4) is 11.1 Å². The molecule has 2 aromatic rings. The van der Waals surface area contributed by atoms with Crippen molar-refractivity contribution in [1.29, 1.82) is 0 Å². The molecule has 0 nitrogen and oxygen atoms in total. The molecular weight excluding hydrogens is 218 g/mol. The van der Waals surface area contributed by atoms with E-state index in [0.717, 1.165) is 11.1 Å². The molecule has 0 aromatic heterocycles. The van der Waals surface area contributed by atoms with Crippen LogP contribution in [0.2, 0.25) is 0 Å². The van der Waals surface area contributed by atoms with E-state index in [0.29, 0.717) is 5.56 Å². The van der Waals surface area contributed by atoms with Crippen LogP contribution in [0.15, 0.2) is 60.7 Å². The second-order valence-electron chi connectivity index (χ2n) is 3.83. The second kappa shape index (κ2) is 4.91. The minimum atomic E-state index is -1.63. The third-order valence-corrected chi connectivity index (χ3v) is 2.71. The maximum Gasteiger partial charge on any atom is 0.273 e. The summed E-state index contributed by atoms with van der Waals surface area (Å²) in [6.07, 6.45) is -1.63. The molecule has 0 heterocycles. The molecule has 86 valence electrons. The fraction of sp³-hybridized carbons (Fsp3) is 0.0667. The molecule has 0 aliphatic rings. The molecule has 0 unspecified atom stereocenters. The summed E-state index contributed by atoms with van der Waals surface area (Å²) in [6, 6.07) is 17.0. The van der Waals surface area contributed by atoms with E-state index in [2.05, 4.69) is 0 Å². The molecule has 0 saturated heterocycles. The molecule has 0 amide bonds. The van der Waals surface area contributed by atoms with Crippen molar-refractivity contribution in [2.75, 3.05) is 0 Å². The maximum atomic E-state index is 12.4. The lowest BCUT2D eigenvalue weighted by molar-refractivity contribution is 0.425. The monoisotopic (exact) mass is 230 g/mol. The first kappa shape index (κ1) is 11.5. The second-order valence-corrected chi connectivity index (χ2v) is 3.83. The molecule has 2 rings (SSSR count). The van der Waals surface area contributed by atoms with E-state index in [1.54, 1.807) is 12.1 Å². The third-order valence-electron chi connectivity index (χ3n) is 2.71. The first-order chi connectivity index (χ1) is 8.18. The quantitative estimate of drug-likeness (QED) is 0.682. The van der Waals surface area contributed by atoms with Crippen LogP contribution in [0.3, 0.4) is 0 Å². The lowest BCUT2D eigenvalue weighted by Gasteiger charge is -2.04. The first-order valence-electron chi connectivity index (χ1n) is 5.36. The van der Waals surface area contributed by atoms with Crippen LogP contribution >= 0.6 is 0 Å². The van der Waals surface area contributed by atoms with Gasteiger partial charge in [0, 0.05) is 5.57 Å². The van der Waals surface area contributed by atoms with Gasteiger partial charge in [-0.25, -0.2) is 0 Å². The van der Waals surface area contributed by atoms with Gasteiger partial charge in [-0.2, -0.15) is 8.78 Å². The van der Waals surface area contributed by atoms with Gasteiger partial charge < -0.3 is 0 Å². The average Bonchev–Trinajstić information content (AvgIpc) is 2.39. The van der Waals surface area contributed by atoms with E-state index >= 15 is 0 Å². The van der Waals surface area contributed by atoms with Crippen molar-refractivity contribution < 1.29 is 8.78 Å². The molecule has 0 fully saturated rings. The van der Waals surface area contributed by atoms with Crippen LogP contribution < -0.4 is 0 Å². The van der Waals surface area contributed by atoms with Gasteiger partial charge in [0.15, 0.2) is 0 Å². The van der Waals surface area contributed by atoms with E-state index in [9.17, 15) is 8.78 Å². The molecule has 0 atom stereocenters. The number of halogens is 2. The summed E-state index contributed by atoms with van der Waals surface area (Å²) in [5, 5.41) is 0. The highest BCUT2D eigenvalue weighted by molar-refractivity contribution is 5.69. The fourth-order valence-electron chi connectivity index (χ4n) is 1.65. The standard InChI is InChI=1S/C15H12F2/c1-11(15(16)17)12-7-9-14(10-8-12)13-5-3-2-4-6-13/h2-10H,1H3. The fourth-order valence-corrected chi connectivity index (χ4v) is 1.65. The Morgan fingerprint density at radius 2 is 1.29 bits per heavy atom. The van der Waals surface area contributed by atoms with Gasteiger partial charge in [0.25, 0.3) is 6.08 Å². The average molecular weight is 230 g/mol. The van der Waals surface area contributed by atoms with Gasteiger partial charge in [-0.1, -0.05) is 54.6 Å². The summed E-state index contributed by atoms with van der Waals surface area (Å²) < 4.78 is 24.8. The zero-order valence-electron chi connectivity index (χ0n) is 9.45. The Bertz CT molecular complexity index is 521. The number of allylic oxidation sites excluding steroid dienone is 1. The molecular formula is C15H12F2. The molecule has 0 spiro atoms. The molecule has 0 bridgehead atoms. The molecule has 0 radical (unpaired) electrons. The predicted molar refractivity (Wildman–Crippen MR) is 66.7 cm³/mol. The van der Waals surface area contributed by atoms with Gasteiger partial charge in [0.2, 0.25) is 0 Å². The lowest BCUT2D eigenvalue weighted by Crippen LogP contribution is -1.82. The summed E-state index contributed by atoms with van der Waals surface area (Å²) >= 11 is 0. The highest BCUT2D eigenvalue weighted by atomic mass is 19.3. The van der Waals surface area contributed by atoms with Gasteiger partial charge in [-0.05, 0) is 23.6 Å². The summed E-state index contributed by atoms with van der Waals surface area (Å²) in [7, 11) is 0. The largest absolute Gasteiger partial charge is 0.273 e. The highest BCUT2D eigenvalue weighted by Gasteiger charge is 2.03. The smallest absolute Gasteiger partial charge is 0.173 e. The minimum absolute atomic E-state index is 0.0320. The highest BCUT2D eigenvalue weighted by Crippen LogP contribution is 2.24.